The molecule has 0 saturated carbocycles. The Morgan fingerprint density at radius 1 is 1.32 bits per heavy atom. The number of halogens is 2. The van der Waals surface area contributed by atoms with Gasteiger partial charge in [0.2, 0.25) is 0 Å². The number of nitrogens with zero attached hydrogens (tertiary/aromatic N) is 1. The van der Waals surface area contributed by atoms with Crippen LogP contribution in [0.3, 0.4) is 0 Å². The van der Waals surface area contributed by atoms with E-state index in [-0.39, 0.29) is 10.6 Å². The van der Waals surface area contributed by atoms with Crippen molar-refractivity contribution in [3.8, 4) is 11.5 Å². The predicted octanol–water partition coefficient (Wildman–Crippen LogP) is 3.67. The summed E-state index contributed by atoms with van der Waals surface area (Å²) in [5.41, 5.74) is 1.13. The lowest BCUT2D eigenvalue weighted by atomic mass is 10.1. The first-order chi connectivity index (χ1) is 12.0. The molecule has 2 aromatic rings. The molecule has 5 nitrogen and oxygen atoms in total. The van der Waals surface area contributed by atoms with Crippen LogP contribution in [0.4, 0.5) is 10.1 Å². The second kappa shape index (κ2) is 7.19. The van der Waals surface area contributed by atoms with Gasteiger partial charge in [0.25, 0.3) is 0 Å². The third-order valence-electron chi connectivity index (χ3n) is 4.01. The minimum atomic E-state index is -0.808. The van der Waals surface area contributed by atoms with Crippen molar-refractivity contribution in [2.45, 2.75) is 6.54 Å². The Morgan fingerprint density at radius 3 is 2.68 bits per heavy atom. The number of esters is 1. The van der Waals surface area contributed by atoms with Crippen molar-refractivity contribution in [1.82, 2.24) is 0 Å². The number of fused-ring (bicyclic) bond motifs is 1. The summed E-state index contributed by atoms with van der Waals surface area (Å²) in [7, 11) is 2.80. The number of hydrogen-bond acceptors (Lipinski definition) is 5. The summed E-state index contributed by atoms with van der Waals surface area (Å²) >= 11 is 5.90. The first-order valence-corrected chi connectivity index (χ1v) is 8.04. The number of hydrogen-bond donors (Lipinski definition) is 0. The first-order valence-electron chi connectivity index (χ1n) is 7.66. The highest BCUT2D eigenvalue weighted by Gasteiger charge is 2.30. The van der Waals surface area contributed by atoms with Crippen LogP contribution in [0.25, 0.3) is 0 Å². The maximum atomic E-state index is 14.5. The van der Waals surface area contributed by atoms with E-state index in [9.17, 15) is 9.18 Å². The van der Waals surface area contributed by atoms with E-state index < -0.39 is 11.8 Å². The van der Waals surface area contributed by atoms with Gasteiger partial charge in [0.1, 0.15) is 23.7 Å². The molecule has 0 saturated heterocycles. The van der Waals surface area contributed by atoms with Gasteiger partial charge in [0.05, 0.1) is 31.5 Å². The summed E-state index contributed by atoms with van der Waals surface area (Å²) < 4.78 is 30.0. The van der Waals surface area contributed by atoms with Crippen molar-refractivity contribution in [3.63, 3.8) is 0 Å². The van der Waals surface area contributed by atoms with Gasteiger partial charge in [0.15, 0.2) is 5.82 Å². The van der Waals surface area contributed by atoms with Crippen LogP contribution in [0, 0.1) is 5.82 Å². The van der Waals surface area contributed by atoms with Crippen LogP contribution in [-0.2, 0) is 11.3 Å². The highest BCUT2D eigenvalue weighted by molar-refractivity contribution is 6.31. The van der Waals surface area contributed by atoms with E-state index in [1.807, 2.05) is 29.2 Å². The molecule has 1 aliphatic heterocycles. The van der Waals surface area contributed by atoms with Crippen molar-refractivity contribution in [2.24, 2.45) is 0 Å². The Balaban J connectivity index is 2.02. The molecule has 0 N–H and O–H groups in total. The molecule has 25 heavy (non-hydrogen) atoms. The minimum absolute atomic E-state index is 0.176. The molecule has 0 atom stereocenters. The highest BCUT2D eigenvalue weighted by Crippen LogP contribution is 2.41. The van der Waals surface area contributed by atoms with Gasteiger partial charge in [0, 0.05) is 12.6 Å². The van der Waals surface area contributed by atoms with Crippen LogP contribution in [0.5, 0.6) is 11.5 Å². The molecule has 1 aliphatic rings. The molecule has 0 bridgehead atoms. The fourth-order valence-corrected chi connectivity index (χ4v) is 2.99. The van der Waals surface area contributed by atoms with Crippen molar-refractivity contribution >= 4 is 23.3 Å². The van der Waals surface area contributed by atoms with Crippen LogP contribution in [0.1, 0.15) is 15.9 Å². The van der Waals surface area contributed by atoms with E-state index in [4.69, 9.17) is 25.8 Å². The number of rotatable bonds is 4. The normalized spacial score (nSPS) is 13.0. The standard InChI is InChI=1S/C18H17ClFNO4/c1-23-12-5-3-11(4-6-12)10-21-7-8-25-14-9-13(19)16(20)15(17(14)21)18(22)24-2/h3-6,9H,7-8,10H2,1-2H3. The fraction of sp³-hybridized carbons (Fsp3) is 0.278. The van der Waals surface area contributed by atoms with E-state index in [0.29, 0.717) is 31.1 Å². The molecule has 0 radical (unpaired) electrons. The topological polar surface area (TPSA) is 48.0 Å². The summed E-state index contributed by atoms with van der Waals surface area (Å²) in [4.78, 5) is 14.0. The molecule has 0 fully saturated rings. The number of carbonyl (C=O) groups is 1. The number of carbonyl (C=O) groups excluding carboxylic acids is 1. The molecule has 0 aliphatic carbocycles. The van der Waals surface area contributed by atoms with Gasteiger partial charge in [-0.3, -0.25) is 0 Å². The van der Waals surface area contributed by atoms with Crippen molar-refractivity contribution in [2.75, 3.05) is 32.3 Å². The third-order valence-corrected chi connectivity index (χ3v) is 4.29. The largest absolute Gasteiger partial charge is 0.497 e. The highest BCUT2D eigenvalue weighted by atomic mass is 35.5. The van der Waals surface area contributed by atoms with E-state index in [0.717, 1.165) is 11.3 Å². The van der Waals surface area contributed by atoms with Gasteiger partial charge < -0.3 is 19.1 Å². The molecule has 0 spiro atoms. The number of anilines is 1. The van der Waals surface area contributed by atoms with Gasteiger partial charge in [-0.15, -0.1) is 0 Å². The summed E-state index contributed by atoms with van der Waals surface area (Å²) in [5, 5.41) is -0.176. The zero-order valence-electron chi connectivity index (χ0n) is 13.8. The smallest absolute Gasteiger partial charge is 0.343 e. The van der Waals surface area contributed by atoms with Crippen molar-refractivity contribution in [3.05, 3.63) is 52.3 Å². The maximum Gasteiger partial charge on any atom is 0.343 e. The summed E-state index contributed by atoms with van der Waals surface area (Å²) in [6, 6.07) is 8.91. The van der Waals surface area contributed by atoms with Crippen LogP contribution in [0.15, 0.2) is 30.3 Å². The lowest BCUT2D eigenvalue weighted by Crippen LogP contribution is -2.34. The molecule has 3 rings (SSSR count). The van der Waals surface area contributed by atoms with Crippen molar-refractivity contribution < 1.29 is 23.4 Å². The Bertz CT molecular complexity index is 795. The summed E-state index contributed by atoms with van der Waals surface area (Å²) in [5.74, 6) is -0.482. The average molecular weight is 366 g/mol. The molecule has 2 aromatic carbocycles. The predicted molar refractivity (Wildman–Crippen MR) is 92.3 cm³/mol. The van der Waals surface area contributed by atoms with Gasteiger partial charge in [-0.05, 0) is 17.7 Å². The fourth-order valence-electron chi connectivity index (χ4n) is 2.79. The quantitative estimate of drug-likeness (QED) is 0.774. The van der Waals surface area contributed by atoms with Gasteiger partial charge in [-0.1, -0.05) is 23.7 Å². The van der Waals surface area contributed by atoms with Crippen LogP contribution in [-0.4, -0.2) is 33.3 Å². The van der Waals surface area contributed by atoms with Gasteiger partial charge in [-0.2, -0.15) is 0 Å². The van der Waals surface area contributed by atoms with Crippen LogP contribution >= 0.6 is 11.6 Å². The molecular weight excluding hydrogens is 349 g/mol. The molecule has 1 heterocycles. The zero-order chi connectivity index (χ0) is 18.0. The molecule has 132 valence electrons. The Labute approximate surface area is 149 Å². The van der Waals surface area contributed by atoms with Crippen molar-refractivity contribution in [1.29, 1.82) is 0 Å². The molecule has 0 unspecified atom stereocenters. The summed E-state index contributed by atoms with van der Waals surface area (Å²) in [6.45, 7) is 1.39. The van der Waals surface area contributed by atoms with Gasteiger partial charge in [-0.25, -0.2) is 9.18 Å². The summed E-state index contributed by atoms with van der Waals surface area (Å²) in [6.07, 6.45) is 0. The van der Waals surface area contributed by atoms with E-state index in [1.54, 1.807) is 7.11 Å². The minimum Gasteiger partial charge on any atom is -0.497 e. The molecule has 0 amide bonds. The Hall–Kier alpha value is -2.47. The average Bonchev–Trinajstić information content (AvgIpc) is 2.63. The van der Waals surface area contributed by atoms with Gasteiger partial charge >= 0.3 is 5.97 Å². The maximum absolute atomic E-state index is 14.5. The Kier molecular flexibility index (Phi) is 4.99. The lowest BCUT2D eigenvalue weighted by molar-refractivity contribution is 0.0595. The first kappa shape index (κ1) is 17.4. The SMILES string of the molecule is COC(=O)c1c(F)c(Cl)cc2c1N(Cc1ccc(OC)cc1)CCO2. The lowest BCUT2D eigenvalue weighted by Gasteiger charge is -2.33. The van der Waals surface area contributed by atoms with E-state index in [1.165, 1.54) is 13.2 Å². The monoisotopic (exact) mass is 365 g/mol. The van der Waals surface area contributed by atoms with E-state index >= 15 is 0 Å². The number of benzene rings is 2. The molecule has 0 aromatic heterocycles. The second-order valence-electron chi connectivity index (χ2n) is 5.50. The van der Waals surface area contributed by atoms with Crippen LogP contribution in [0.2, 0.25) is 5.02 Å². The molecular formula is C18H17ClFNO4. The Morgan fingerprint density at radius 2 is 2.04 bits per heavy atom. The van der Waals surface area contributed by atoms with E-state index in [2.05, 4.69) is 0 Å². The number of methoxy groups -OCH3 is 2. The zero-order valence-corrected chi connectivity index (χ0v) is 14.6. The van der Waals surface area contributed by atoms with Crippen LogP contribution < -0.4 is 14.4 Å². The molecule has 7 heteroatoms. The third kappa shape index (κ3) is 3.35. The second-order valence-corrected chi connectivity index (χ2v) is 5.91. The number of ether oxygens (including phenoxy) is 3.